The largest absolute Gasteiger partial charge is 0.330 e. The minimum Gasteiger partial charge on any atom is -0.330 e. The molecule has 2 N–H and O–H groups in total. The van der Waals surface area contributed by atoms with Gasteiger partial charge in [0.15, 0.2) is 0 Å². The molecule has 0 aliphatic rings. The molecule has 4 heteroatoms. The molecule has 0 amide bonds. The van der Waals surface area contributed by atoms with Gasteiger partial charge in [0.05, 0.1) is 10.6 Å². The Labute approximate surface area is 112 Å². The zero-order chi connectivity index (χ0) is 13.1. The molecule has 2 rings (SSSR count). The van der Waals surface area contributed by atoms with Crippen molar-refractivity contribution in [1.29, 1.82) is 0 Å². The van der Waals surface area contributed by atoms with Crippen LogP contribution in [0.4, 0.5) is 0 Å². The fraction of sp³-hybridized carbons (Fsp3) is 0.429. The summed E-state index contributed by atoms with van der Waals surface area (Å²) in [6.45, 7) is 7.01. The first-order chi connectivity index (χ1) is 8.63. The number of thiophene rings is 1. The maximum absolute atomic E-state index is 5.83. The van der Waals surface area contributed by atoms with E-state index in [0.717, 1.165) is 11.5 Å². The number of hydrogen-bond donors (Lipinski definition) is 1. The predicted octanol–water partition coefficient (Wildman–Crippen LogP) is 3.21. The summed E-state index contributed by atoms with van der Waals surface area (Å²) in [5, 5.41) is 2.09. The highest BCUT2D eigenvalue weighted by Gasteiger charge is 2.18. The lowest BCUT2D eigenvalue weighted by Gasteiger charge is -2.17. The van der Waals surface area contributed by atoms with E-state index in [1.807, 2.05) is 12.3 Å². The smallest absolute Gasteiger partial charge is 0.133 e. The number of aromatic nitrogens is 2. The first-order valence-electron chi connectivity index (χ1n) is 6.21. The van der Waals surface area contributed by atoms with Gasteiger partial charge in [0, 0.05) is 18.7 Å². The van der Waals surface area contributed by atoms with E-state index >= 15 is 0 Å². The Hall–Kier alpha value is -1.26. The van der Waals surface area contributed by atoms with Crippen LogP contribution in [0, 0.1) is 12.8 Å². The van der Waals surface area contributed by atoms with Gasteiger partial charge in [0.2, 0.25) is 0 Å². The van der Waals surface area contributed by atoms with Crippen LogP contribution in [0.1, 0.15) is 31.2 Å². The van der Waals surface area contributed by atoms with Gasteiger partial charge >= 0.3 is 0 Å². The highest BCUT2D eigenvalue weighted by molar-refractivity contribution is 7.13. The molecule has 2 aromatic heterocycles. The molecule has 0 spiro atoms. The zero-order valence-electron chi connectivity index (χ0n) is 11.1. The third-order valence-corrected chi connectivity index (χ3v) is 4.20. The molecule has 0 aliphatic heterocycles. The second-order valence-electron chi connectivity index (χ2n) is 4.82. The maximum atomic E-state index is 5.83. The molecule has 0 saturated carbocycles. The average molecular weight is 261 g/mol. The van der Waals surface area contributed by atoms with Crippen molar-refractivity contribution >= 4 is 11.3 Å². The molecule has 0 bridgehead atoms. The molecule has 0 aliphatic carbocycles. The molecule has 0 aromatic carbocycles. The van der Waals surface area contributed by atoms with Crippen molar-refractivity contribution in [2.45, 2.75) is 26.7 Å². The van der Waals surface area contributed by atoms with E-state index in [-0.39, 0.29) is 5.92 Å². The van der Waals surface area contributed by atoms with E-state index in [2.05, 4.69) is 42.2 Å². The number of nitrogens with zero attached hydrogens (tertiary/aromatic N) is 2. The van der Waals surface area contributed by atoms with Gasteiger partial charge in [-0.25, -0.2) is 9.97 Å². The average Bonchev–Trinajstić information content (AvgIpc) is 2.76. The van der Waals surface area contributed by atoms with E-state index in [1.54, 1.807) is 11.3 Å². The van der Waals surface area contributed by atoms with E-state index in [4.69, 9.17) is 5.73 Å². The molecular formula is C14H19N3S. The number of nitrogens with two attached hydrogens (primary N) is 1. The van der Waals surface area contributed by atoms with Gasteiger partial charge in [-0.3, -0.25) is 0 Å². The van der Waals surface area contributed by atoms with Crippen molar-refractivity contribution in [3.63, 3.8) is 0 Å². The van der Waals surface area contributed by atoms with Crippen molar-refractivity contribution in [2.75, 3.05) is 6.54 Å². The predicted molar refractivity (Wildman–Crippen MR) is 76.7 cm³/mol. The summed E-state index contributed by atoms with van der Waals surface area (Å²) in [7, 11) is 0. The van der Waals surface area contributed by atoms with Gasteiger partial charge in [-0.1, -0.05) is 13.8 Å². The first-order valence-corrected chi connectivity index (χ1v) is 7.09. The van der Waals surface area contributed by atoms with Crippen LogP contribution in [0.3, 0.4) is 0 Å². The van der Waals surface area contributed by atoms with Crippen molar-refractivity contribution < 1.29 is 0 Å². The summed E-state index contributed by atoms with van der Waals surface area (Å²) in [4.78, 5) is 10.3. The Bertz CT molecular complexity index is 519. The lowest BCUT2D eigenvalue weighted by atomic mass is 9.95. The van der Waals surface area contributed by atoms with E-state index in [9.17, 15) is 0 Å². The van der Waals surface area contributed by atoms with Gasteiger partial charge in [-0.15, -0.1) is 11.3 Å². The Balaban J connectivity index is 2.39. The Morgan fingerprint density at radius 2 is 2.11 bits per heavy atom. The van der Waals surface area contributed by atoms with Crippen molar-refractivity contribution in [1.82, 2.24) is 9.97 Å². The van der Waals surface area contributed by atoms with Crippen molar-refractivity contribution in [3.8, 4) is 10.6 Å². The van der Waals surface area contributed by atoms with Gasteiger partial charge in [0.25, 0.3) is 0 Å². The normalized spacial score (nSPS) is 12.9. The van der Waals surface area contributed by atoms with Gasteiger partial charge in [-0.05, 0) is 35.9 Å². The maximum Gasteiger partial charge on any atom is 0.133 e. The lowest BCUT2D eigenvalue weighted by molar-refractivity contribution is 0.484. The van der Waals surface area contributed by atoms with Crippen LogP contribution >= 0.6 is 11.3 Å². The van der Waals surface area contributed by atoms with E-state index in [1.165, 1.54) is 10.4 Å². The summed E-state index contributed by atoms with van der Waals surface area (Å²) in [5.41, 5.74) is 8.10. The van der Waals surface area contributed by atoms with Crippen LogP contribution in [-0.4, -0.2) is 16.5 Å². The third kappa shape index (κ3) is 2.60. The molecule has 1 atom stereocenters. The summed E-state index contributed by atoms with van der Waals surface area (Å²) in [6.07, 6.45) is 1.84. The Kier molecular flexibility index (Phi) is 4.09. The molecule has 0 fully saturated rings. The second kappa shape index (κ2) is 5.59. The highest BCUT2D eigenvalue weighted by atomic mass is 32.1. The second-order valence-corrected chi connectivity index (χ2v) is 5.74. The van der Waals surface area contributed by atoms with Crippen molar-refractivity contribution in [3.05, 3.63) is 35.1 Å². The summed E-state index contributed by atoms with van der Waals surface area (Å²) < 4.78 is 0. The quantitative estimate of drug-likeness (QED) is 0.919. The number of hydrogen-bond acceptors (Lipinski definition) is 4. The number of rotatable bonds is 4. The van der Waals surface area contributed by atoms with E-state index in [0.29, 0.717) is 12.5 Å². The molecule has 18 heavy (non-hydrogen) atoms. The minimum absolute atomic E-state index is 0.227. The first kappa shape index (κ1) is 13.2. The van der Waals surface area contributed by atoms with Gasteiger partial charge in [0.1, 0.15) is 5.82 Å². The highest BCUT2D eigenvalue weighted by Crippen LogP contribution is 2.28. The number of aryl methyl sites for hydroxylation is 1. The monoisotopic (exact) mass is 261 g/mol. The van der Waals surface area contributed by atoms with Crippen LogP contribution < -0.4 is 5.73 Å². The SMILES string of the molecule is Cc1ccsc1-c1ccnc(C(CN)C(C)C)n1. The van der Waals surface area contributed by atoms with Crippen LogP contribution in [0.15, 0.2) is 23.7 Å². The molecular weight excluding hydrogens is 242 g/mol. The fourth-order valence-corrected chi connectivity index (χ4v) is 2.89. The molecule has 1 unspecified atom stereocenters. The van der Waals surface area contributed by atoms with Gasteiger partial charge < -0.3 is 5.73 Å². The van der Waals surface area contributed by atoms with E-state index < -0.39 is 0 Å². The third-order valence-electron chi connectivity index (χ3n) is 3.16. The molecule has 96 valence electrons. The van der Waals surface area contributed by atoms with Crippen molar-refractivity contribution in [2.24, 2.45) is 11.7 Å². The topological polar surface area (TPSA) is 51.8 Å². The zero-order valence-corrected chi connectivity index (χ0v) is 11.9. The van der Waals surface area contributed by atoms with Crippen LogP contribution in [0.2, 0.25) is 0 Å². The summed E-state index contributed by atoms with van der Waals surface area (Å²) >= 11 is 1.72. The van der Waals surface area contributed by atoms with Crippen LogP contribution in [0.25, 0.3) is 10.6 Å². The lowest BCUT2D eigenvalue weighted by Crippen LogP contribution is -2.20. The van der Waals surface area contributed by atoms with Crippen LogP contribution in [0.5, 0.6) is 0 Å². The minimum atomic E-state index is 0.227. The molecule has 0 radical (unpaired) electrons. The Morgan fingerprint density at radius 1 is 1.33 bits per heavy atom. The van der Waals surface area contributed by atoms with Crippen LogP contribution in [-0.2, 0) is 0 Å². The molecule has 0 saturated heterocycles. The van der Waals surface area contributed by atoms with Gasteiger partial charge in [-0.2, -0.15) is 0 Å². The molecule has 2 aromatic rings. The Morgan fingerprint density at radius 3 is 2.67 bits per heavy atom. The standard InChI is InChI=1S/C14H19N3S/c1-9(2)11(8-15)14-16-6-4-12(17-14)13-10(3)5-7-18-13/h4-7,9,11H,8,15H2,1-3H3. The molecule has 2 heterocycles. The molecule has 3 nitrogen and oxygen atoms in total. The summed E-state index contributed by atoms with van der Waals surface area (Å²) in [6, 6.07) is 4.08. The summed E-state index contributed by atoms with van der Waals surface area (Å²) in [5.74, 6) is 1.54. The fourth-order valence-electron chi connectivity index (χ4n) is 1.99.